The van der Waals surface area contributed by atoms with Gasteiger partial charge in [-0.15, -0.1) is 0 Å². The molecule has 4 atom stereocenters. The van der Waals surface area contributed by atoms with E-state index < -0.39 is 0 Å². The van der Waals surface area contributed by atoms with Crippen LogP contribution in [-0.2, 0) is 5.41 Å². The second-order valence-electron chi connectivity index (χ2n) is 29.4. The molecule has 17 rings (SSSR count). The Hall–Kier alpha value is -9.32. The van der Waals surface area contributed by atoms with Crippen LogP contribution in [0.3, 0.4) is 0 Å². The molecular formula is C87H81BN4. The van der Waals surface area contributed by atoms with Crippen LogP contribution in [0.2, 0.25) is 0 Å². The van der Waals surface area contributed by atoms with Gasteiger partial charge in [-0.3, -0.25) is 0 Å². The number of aromatic nitrogens is 2. The summed E-state index contributed by atoms with van der Waals surface area (Å²) in [5, 5.41) is 5.08. The van der Waals surface area contributed by atoms with Gasteiger partial charge in [0.15, 0.2) is 0 Å². The van der Waals surface area contributed by atoms with E-state index in [1.807, 2.05) is 0 Å². The average Bonchev–Trinajstić information content (AvgIpc) is 0.861. The summed E-state index contributed by atoms with van der Waals surface area (Å²) in [7, 11) is 0. The highest BCUT2D eigenvalue weighted by Gasteiger charge is 2.50. The van der Waals surface area contributed by atoms with Crippen molar-refractivity contribution in [1.82, 2.24) is 9.13 Å². The van der Waals surface area contributed by atoms with Crippen LogP contribution in [0.25, 0.3) is 77.2 Å². The zero-order chi connectivity index (χ0) is 62.1. The maximum atomic E-state index is 2.99. The van der Waals surface area contributed by atoms with Crippen LogP contribution < -0.4 is 26.2 Å². The van der Waals surface area contributed by atoms with E-state index in [9.17, 15) is 0 Å². The number of para-hydroxylation sites is 4. The number of rotatable bonds is 8. The van der Waals surface area contributed by atoms with Gasteiger partial charge in [-0.1, -0.05) is 217 Å². The lowest BCUT2D eigenvalue weighted by Crippen LogP contribution is -2.64. The smallest absolute Gasteiger partial charge is 0.252 e. The Morgan fingerprint density at radius 2 is 1.01 bits per heavy atom. The normalized spacial score (nSPS) is 18.9. The predicted molar refractivity (Wildman–Crippen MR) is 393 cm³/mol. The van der Waals surface area contributed by atoms with Gasteiger partial charge in [0.05, 0.1) is 33.8 Å². The van der Waals surface area contributed by atoms with E-state index in [-0.39, 0.29) is 23.6 Å². The second kappa shape index (κ2) is 21.9. The number of anilines is 5. The van der Waals surface area contributed by atoms with Gasteiger partial charge >= 0.3 is 0 Å². The molecule has 5 heteroatoms. The van der Waals surface area contributed by atoms with Crippen molar-refractivity contribution in [1.29, 1.82) is 0 Å². The van der Waals surface area contributed by atoms with Crippen LogP contribution in [-0.4, -0.2) is 21.9 Å². The SMILES string of the molecule is Cc1cc2c3c(c1)N(C1C(C4CC=CCC4)=CC(C(C)(C)C)CC1C1=CCCCC1)c1cc(-n4c5ccccc5c5ccccc54)ccc1B3c1ccc(-n3c4ccccc4c4ccccc43)cc1N2c1c(-c2ccccc2)cc(C(C)(C)C)cc1-c1ccccc1. The third-order valence-corrected chi connectivity index (χ3v) is 21.8. The van der Waals surface area contributed by atoms with Crippen molar-refractivity contribution in [3.05, 3.63) is 265 Å². The molecule has 3 aliphatic carbocycles. The van der Waals surface area contributed by atoms with Crippen molar-refractivity contribution in [2.75, 3.05) is 9.80 Å². The van der Waals surface area contributed by atoms with Crippen molar-refractivity contribution < 1.29 is 0 Å². The first-order chi connectivity index (χ1) is 44.9. The molecule has 0 spiro atoms. The third kappa shape index (κ3) is 9.15. The van der Waals surface area contributed by atoms with E-state index in [0.29, 0.717) is 17.8 Å². The van der Waals surface area contributed by atoms with Gasteiger partial charge < -0.3 is 18.9 Å². The number of allylic oxidation sites excluding steroid dienone is 4. The first-order valence-electron chi connectivity index (χ1n) is 34.2. The van der Waals surface area contributed by atoms with Gasteiger partial charge in [0.25, 0.3) is 6.71 Å². The lowest BCUT2D eigenvalue weighted by Gasteiger charge is -2.53. The first-order valence-corrected chi connectivity index (χ1v) is 34.2. The number of aryl methyl sites for hydroxylation is 1. The summed E-state index contributed by atoms with van der Waals surface area (Å²) in [4.78, 5) is 5.76. The summed E-state index contributed by atoms with van der Waals surface area (Å²) < 4.78 is 5.09. The Kier molecular flexibility index (Phi) is 13.5. The Morgan fingerprint density at radius 3 is 1.52 bits per heavy atom. The number of nitrogens with zero attached hydrogens (tertiary/aromatic N) is 4. The summed E-state index contributed by atoms with van der Waals surface area (Å²) in [6, 6.07) is 84.3. The molecule has 0 fully saturated rings. The molecule has 10 aromatic carbocycles. The number of hydrogen-bond donors (Lipinski definition) is 0. The van der Waals surface area contributed by atoms with Gasteiger partial charge in [-0.05, 0) is 198 Å². The van der Waals surface area contributed by atoms with Crippen LogP contribution >= 0.6 is 0 Å². The number of benzene rings is 10. The van der Waals surface area contributed by atoms with Crippen molar-refractivity contribution in [3.8, 4) is 33.6 Å². The molecule has 2 aliphatic heterocycles. The Balaban J connectivity index is 1.02. The topological polar surface area (TPSA) is 16.3 Å². The van der Waals surface area contributed by atoms with Crippen LogP contribution in [0.4, 0.5) is 28.4 Å². The maximum absolute atomic E-state index is 2.99. The zero-order valence-electron chi connectivity index (χ0n) is 54.4. The average molecular weight is 1190 g/mol. The van der Waals surface area contributed by atoms with Crippen molar-refractivity contribution in [2.45, 2.75) is 111 Å². The molecular weight excluding hydrogens is 1110 g/mol. The van der Waals surface area contributed by atoms with E-state index >= 15 is 0 Å². The molecule has 0 saturated carbocycles. The fourth-order valence-corrected chi connectivity index (χ4v) is 17.3. The minimum Gasteiger partial charge on any atom is -0.334 e. The van der Waals surface area contributed by atoms with Crippen molar-refractivity contribution in [3.63, 3.8) is 0 Å². The van der Waals surface area contributed by atoms with Crippen molar-refractivity contribution in [2.24, 2.45) is 23.2 Å². The molecule has 5 aliphatic rings. The lowest BCUT2D eigenvalue weighted by atomic mass is 9.33. The number of fused-ring (bicyclic) bond motifs is 10. The zero-order valence-corrected chi connectivity index (χ0v) is 54.4. The molecule has 0 amide bonds. The molecule has 2 aromatic heterocycles. The molecule has 452 valence electrons. The quantitative estimate of drug-likeness (QED) is 0.111. The Labute approximate surface area is 543 Å². The minimum absolute atomic E-state index is 0.0896. The van der Waals surface area contributed by atoms with Gasteiger partial charge in [0, 0.05) is 72.7 Å². The van der Waals surface area contributed by atoms with E-state index in [1.54, 1.807) is 11.1 Å². The Bertz CT molecular complexity index is 4850. The highest BCUT2D eigenvalue weighted by molar-refractivity contribution is 7.00. The Morgan fingerprint density at radius 1 is 0.489 bits per heavy atom. The monoisotopic (exact) mass is 1190 g/mol. The predicted octanol–water partition coefficient (Wildman–Crippen LogP) is 21.4. The molecule has 4 heterocycles. The van der Waals surface area contributed by atoms with Crippen LogP contribution in [0.5, 0.6) is 0 Å². The highest BCUT2D eigenvalue weighted by atomic mass is 15.2. The minimum atomic E-state index is -0.138. The fraction of sp³-hybridized carbons (Fsp3) is 0.241. The van der Waals surface area contributed by atoms with Crippen molar-refractivity contribution >= 4 is 95.1 Å². The van der Waals surface area contributed by atoms with Gasteiger partial charge in [0.2, 0.25) is 0 Å². The van der Waals surface area contributed by atoms with Gasteiger partial charge in [0.1, 0.15) is 0 Å². The summed E-state index contributed by atoms with van der Waals surface area (Å²) >= 11 is 0. The lowest BCUT2D eigenvalue weighted by molar-refractivity contribution is 0.220. The molecule has 12 aromatic rings. The first kappa shape index (κ1) is 56.7. The second-order valence-corrected chi connectivity index (χ2v) is 29.4. The summed E-state index contributed by atoms with van der Waals surface area (Å²) in [5.41, 5.74) is 28.3. The summed E-state index contributed by atoms with van der Waals surface area (Å²) in [6.07, 6.45) is 19.9. The van der Waals surface area contributed by atoms with E-state index in [1.165, 1.54) is 147 Å². The standard InChI is InChI=1S/C87H81BN4/c1-56-48-81-83-82(49-56)92(85-71(59-32-16-10-17-33-59)52-62(87(5,6)7)53-72(85)60-34-18-11-19-35-60)80-55-64(90-77-42-26-22-38-67(77)68-39-23-27-43-78(68)90)45-47-74(80)88(83)73-46-44-63(89-75-40-24-20-36-65(75)66-37-21-25-41-76(66)89)54-79(73)91(81)84-69(57-28-12-8-13-29-57)50-61(86(2,3)4)51-70(84)58-30-14-9-15-31-58/h8-10,12-16,20-31,34,36-52,54-55,59,62,72,85H,11,17-19,32-33,35,53H2,1-7H3. The van der Waals surface area contributed by atoms with E-state index in [0.717, 1.165) is 37.8 Å². The molecule has 4 nitrogen and oxygen atoms in total. The van der Waals surface area contributed by atoms with Gasteiger partial charge in [-0.2, -0.15) is 0 Å². The van der Waals surface area contributed by atoms with Crippen LogP contribution in [0, 0.1) is 30.1 Å². The van der Waals surface area contributed by atoms with Crippen LogP contribution in [0.1, 0.15) is 104 Å². The molecule has 0 bridgehead atoms. The molecule has 4 unspecified atom stereocenters. The van der Waals surface area contributed by atoms with E-state index in [2.05, 4.69) is 310 Å². The maximum Gasteiger partial charge on any atom is 0.252 e. The summed E-state index contributed by atoms with van der Waals surface area (Å²) in [6.45, 7) is 16.9. The summed E-state index contributed by atoms with van der Waals surface area (Å²) in [5.74, 6) is 1.20. The fourth-order valence-electron chi connectivity index (χ4n) is 17.3. The number of hydrogen-bond acceptors (Lipinski definition) is 2. The van der Waals surface area contributed by atoms with E-state index in [4.69, 9.17) is 0 Å². The molecule has 0 N–H and O–H groups in total. The van der Waals surface area contributed by atoms with Crippen LogP contribution in [0.15, 0.2) is 254 Å². The largest absolute Gasteiger partial charge is 0.334 e. The molecule has 0 radical (unpaired) electrons. The highest BCUT2D eigenvalue weighted by Crippen LogP contribution is 2.55. The van der Waals surface area contributed by atoms with Gasteiger partial charge in [-0.25, -0.2) is 0 Å². The molecule has 92 heavy (non-hydrogen) atoms. The molecule has 0 saturated heterocycles. The third-order valence-electron chi connectivity index (χ3n) is 21.8.